The van der Waals surface area contributed by atoms with Gasteiger partial charge in [-0.05, 0) is 49.7 Å². The van der Waals surface area contributed by atoms with Gasteiger partial charge in [0.05, 0.1) is 25.0 Å². The van der Waals surface area contributed by atoms with Crippen molar-refractivity contribution in [1.29, 1.82) is 0 Å². The molecule has 4 rings (SSSR count). The predicted molar refractivity (Wildman–Crippen MR) is 108 cm³/mol. The number of carbonyl (C=O) groups is 2. The summed E-state index contributed by atoms with van der Waals surface area (Å²) in [6, 6.07) is 20.3. The average Bonchev–Trinajstić information content (AvgIpc) is 3.64. The summed E-state index contributed by atoms with van der Waals surface area (Å²) in [7, 11) is 0. The average molecular weight is 380 g/mol. The summed E-state index contributed by atoms with van der Waals surface area (Å²) in [5.74, 6) is 0.933. The van der Waals surface area contributed by atoms with E-state index in [2.05, 4.69) is 24.3 Å². The van der Waals surface area contributed by atoms with Gasteiger partial charge in [-0.2, -0.15) is 0 Å². The summed E-state index contributed by atoms with van der Waals surface area (Å²) in [5, 5.41) is 0. The van der Waals surface area contributed by atoms with Crippen LogP contribution in [0, 0.1) is 11.8 Å². The molecule has 2 aliphatic carbocycles. The fraction of sp³-hybridized carbons (Fsp3) is 0.417. The van der Waals surface area contributed by atoms with Crippen molar-refractivity contribution >= 4 is 11.9 Å². The highest BCUT2D eigenvalue weighted by atomic mass is 16.5. The Morgan fingerprint density at radius 1 is 0.714 bits per heavy atom. The molecule has 0 radical (unpaired) electrons. The first-order valence-corrected chi connectivity index (χ1v) is 10.1. The molecule has 0 saturated heterocycles. The zero-order chi connectivity index (χ0) is 19.9. The SMILES string of the molecule is CCOC(=O)[C@@H]1C[C@H]1c1ccccc1.CCOC(=O)[C@H]1C[C@@H]1c1ccccc1. The lowest BCUT2D eigenvalue weighted by molar-refractivity contribution is -0.145. The van der Waals surface area contributed by atoms with Gasteiger partial charge >= 0.3 is 11.9 Å². The van der Waals surface area contributed by atoms with Crippen LogP contribution >= 0.6 is 0 Å². The first-order chi connectivity index (χ1) is 13.7. The van der Waals surface area contributed by atoms with Gasteiger partial charge in [0.1, 0.15) is 0 Å². The second kappa shape index (κ2) is 9.54. The van der Waals surface area contributed by atoms with Crippen LogP contribution in [0.3, 0.4) is 0 Å². The highest BCUT2D eigenvalue weighted by molar-refractivity contribution is 5.77. The van der Waals surface area contributed by atoms with E-state index in [0.29, 0.717) is 25.0 Å². The Morgan fingerprint density at radius 3 is 1.39 bits per heavy atom. The van der Waals surface area contributed by atoms with Gasteiger partial charge < -0.3 is 9.47 Å². The maximum absolute atomic E-state index is 11.4. The fourth-order valence-electron chi connectivity index (χ4n) is 3.55. The maximum Gasteiger partial charge on any atom is 0.309 e. The molecule has 2 aliphatic rings. The van der Waals surface area contributed by atoms with Gasteiger partial charge in [0, 0.05) is 0 Å². The highest BCUT2D eigenvalue weighted by Crippen LogP contribution is 2.48. The lowest BCUT2D eigenvalue weighted by Crippen LogP contribution is -2.07. The van der Waals surface area contributed by atoms with Crippen LogP contribution in [0.5, 0.6) is 0 Å². The topological polar surface area (TPSA) is 52.6 Å². The number of ether oxygens (including phenoxy) is 2. The van der Waals surface area contributed by atoms with E-state index in [0.717, 1.165) is 12.8 Å². The molecule has 4 heteroatoms. The molecule has 2 saturated carbocycles. The third-order valence-corrected chi connectivity index (χ3v) is 5.22. The van der Waals surface area contributed by atoms with Gasteiger partial charge in [-0.3, -0.25) is 9.59 Å². The summed E-state index contributed by atoms with van der Waals surface area (Å²) in [6.45, 7) is 4.66. The monoisotopic (exact) mass is 380 g/mol. The zero-order valence-electron chi connectivity index (χ0n) is 16.5. The minimum Gasteiger partial charge on any atom is -0.466 e. The van der Waals surface area contributed by atoms with Crippen molar-refractivity contribution in [1.82, 2.24) is 0 Å². The molecule has 0 N–H and O–H groups in total. The summed E-state index contributed by atoms with van der Waals surface area (Å²) in [4.78, 5) is 22.7. The molecule has 28 heavy (non-hydrogen) atoms. The molecular weight excluding hydrogens is 352 g/mol. The largest absolute Gasteiger partial charge is 0.466 e. The second-order valence-electron chi connectivity index (χ2n) is 7.22. The standard InChI is InChI=1S/2C12H14O2/c2*1-2-14-12(13)11-8-10(11)9-6-4-3-5-7-9/h2*3-7,10-11H,2,8H2,1H3/t2*10-,11+/m10/s1. The van der Waals surface area contributed by atoms with E-state index in [-0.39, 0.29) is 23.8 Å². The number of carbonyl (C=O) groups excluding carboxylic acids is 2. The van der Waals surface area contributed by atoms with Crippen LogP contribution in [0.4, 0.5) is 0 Å². The van der Waals surface area contributed by atoms with Crippen molar-refractivity contribution in [3.63, 3.8) is 0 Å². The third kappa shape index (κ3) is 5.22. The van der Waals surface area contributed by atoms with Crippen molar-refractivity contribution in [3.05, 3.63) is 71.8 Å². The van der Waals surface area contributed by atoms with Crippen LogP contribution in [-0.4, -0.2) is 25.2 Å². The highest BCUT2D eigenvalue weighted by Gasteiger charge is 2.45. The Hall–Kier alpha value is -2.62. The van der Waals surface area contributed by atoms with Crippen LogP contribution in [-0.2, 0) is 19.1 Å². The van der Waals surface area contributed by atoms with Crippen LogP contribution in [0.1, 0.15) is 49.7 Å². The Labute approximate surface area is 166 Å². The van der Waals surface area contributed by atoms with Gasteiger partial charge in [-0.15, -0.1) is 0 Å². The molecule has 4 atom stereocenters. The van der Waals surface area contributed by atoms with E-state index >= 15 is 0 Å². The lowest BCUT2D eigenvalue weighted by Gasteiger charge is -2.00. The lowest BCUT2D eigenvalue weighted by atomic mass is 10.1. The Balaban J connectivity index is 0.000000161. The minimum atomic E-state index is -0.0404. The van der Waals surface area contributed by atoms with Crippen molar-refractivity contribution in [2.75, 3.05) is 13.2 Å². The van der Waals surface area contributed by atoms with E-state index in [9.17, 15) is 9.59 Å². The molecule has 0 unspecified atom stereocenters. The summed E-state index contributed by atoms with van der Waals surface area (Å²) >= 11 is 0. The molecule has 0 aromatic heterocycles. The van der Waals surface area contributed by atoms with Gasteiger partial charge in [0.2, 0.25) is 0 Å². The molecule has 0 amide bonds. The van der Waals surface area contributed by atoms with Crippen molar-refractivity contribution in [2.24, 2.45) is 11.8 Å². The Morgan fingerprint density at radius 2 is 1.07 bits per heavy atom. The number of esters is 2. The van der Waals surface area contributed by atoms with Crippen LogP contribution in [0.25, 0.3) is 0 Å². The van der Waals surface area contributed by atoms with E-state index in [1.165, 1.54) is 11.1 Å². The number of benzene rings is 2. The molecule has 0 heterocycles. The summed E-state index contributed by atoms with van der Waals surface area (Å²) in [6.07, 6.45) is 1.89. The van der Waals surface area contributed by atoms with E-state index in [4.69, 9.17) is 9.47 Å². The molecule has 0 aliphatic heterocycles. The minimum absolute atomic E-state index is 0.0404. The first kappa shape index (κ1) is 20.1. The molecule has 2 aromatic rings. The molecular formula is C24H28O4. The summed E-state index contributed by atoms with van der Waals surface area (Å²) < 4.78 is 9.96. The van der Waals surface area contributed by atoms with E-state index in [1.54, 1.807) is 0 Å². The number of hydrogen-bond acceptors (Lipinski definition) is 4. The van der Waals surface area contributed by atoms with Crippen LogP contribution < -0.4 is 0 Å². The fourth-order valence-corrected chi connectivity index (χ4v) is 3.55. The molecule has 2 fully saturated rings. The van der Waals surface area contributed by atoms with E-state index in [1.807, 2.05) is 50.2 Å². The zero-order valence-corrected chi connectivity index (χ0v) is 16.5. The van der Waals surface area contributed by atoms with Gasteiger partial charge in [-0.1, -0.05) is 60.7 Å². The maximum atomic E-state index is 11.4. The molecule has 4 nitrogen and oxygen atoms in total. The number of hydrogen-bond donors (Lipinski definition) is 0. The van der Waals surface area contributed by atoms with Crippen molar-refractivity contribution < 1.29 is 19.1 Å². The van der Waals surface area contributed by atoms with Gasteiger partial charge in [0.25, 0.3) is 0 Å². The van der Waals surface area contributed by atoms with Crippen LogP contribution in [0.2, 0.25) is 0 Å². The molecule has 0 spiro atoms. The van der Waals surface area contributed by atoms with Crippen molar-refractivity contribution in [2.45, 2.75) is 38.5 Å². The quantitative estimate of drug-likeness (QED) is 0.681. The van der Waals surface area contributed by atoms with Gasteiger partial charge in [-0.25, -0.2) is 0 Å². The second-order valence-corrected chi connectivity index (χ2v) is 7.22. The van der Waals surface area contributed by atoms with Gasteiger partial charge in [0.15, 0.2) is 0 Å². The van der Waals surface area contributed by atoms with Crippen LogP contribution in [0.15, 0.2) is 60.7 Å². The van der Waals surface area contributed by atoms with Crippen molar-refractivity contribution in [3.8, 4) is 0 Å². The first-order valence-electron chi connectivity index (χ1n) is 10.1. The Kier molecular flexibility index (Phi) is 6.85. The third-order valence-electron chi connectivity index (χ3n) is 5.22. The smallest absolute Gasteiger partial charge is 0.309 e. The molecule has 148 valence electrons. The normalized spacial score (nSPS) is 24.4. The number of rotatable bonds is 6. The molecule has 2 aromatic carbocycles. The molecule has 0 bridgehead atoms. The Bertz CT molecular complexity index is 704. The summed E-state index contributed by atoms with van der Waals surface area (Å²) in [5.41, 5.74) is 2.51. The van der Waals surface area contributed by atoms with E-state index < -0.39 is 0 Å². The predicted octanol–water partition coefficient (Wildman–Crippen LogP) is 4.71.